The van der Waals surface area contributed by atoms with Crippen LogP contribution in [0.4, 0.5) is 9.52 Å². The largest absolute Gasteiger partial charge is 0.494 e. The first-order valence-corrected chi connectivity index (χ1v) is 10.3. The Bertz CT molecular complexity index is 1110. The molecule has 0 aliphatic heterocycles. The molecule has 1 aromatic heterocycles. The number of aromatic nitrogens is 1. The minimum Gasteiger partial charge on any atom is -0.494 e. The maximum absolute atomic E-state index is 13.9. The van der Waals surface area contributed by atoms with Gasteiger partial charge in [0, 0.05) is 16.5 Å². The number of anilines is 1. The third-order valence-corrected chi connectivity index (χ3v) is 6.06. The Hall–Kier alpha value is -2.82. The van der Waals surface area contributed by atoms with E-state index in [1.165, 1.54) is 61.9 Å². The van der Waals surface area contributed by atoms with Crippen molar-refractivity contribution >= 4 is 32.4 Å². The summed E-state index contributed by atoms with van der Waals surface area (Å²) >= 11 is 1.19. The van der Waals surface area contributed by atoms with Crippen molar-refractivity contribution < 1.29 is 22.3 Å². The Labute approximate surface area is 165 Å². The highest BCUT2D eigenvalue weighted by atomic mass is 32.2. The second kappa shape index (κ2) is 8.05. The predicted molar refractivity (Wildman–Crippen MR) is 105 cm³/mol. The zero-order chi connectivity index (χ0) is 20.3. The van der Waals surface area contributed by atoms with Gasteiger partial charge in [-0.15, -0.1) is 11.3 Å². The lowest BCUT2D eigenvalue weighted by molar-refractivity contribution is 0.102. The highest BCUT2D eigenvalue weighted by Gasteiger charge is 2.14. The summed E-state index contributed by atoms with van der Waals surface area (Å²) in [6.07, 6.45) is 0. The van der Waals surface area contributed by atoms with Crippen LogP contribution in [0.15, 0.2) is 52.7 Å². The monoisotopic (exact) mass is 421 g/mol. The summed E-state index contributed by atoms with van der Waals surface area (Å²) < 4.78 is 44.4. The Balaban J connectivity index is 1.74. The number of ether oxygens (including phenoxy) is 1. The van der Waals surface area contributed by atoms with E-state index in [1.807, 2.05) is 0 Å². The molecule has 3 aromatic rings. The summed E-state index contributed by atoms with van der Waals surface area (Å²) in [5, 5.41) is 4.67. The average Bonchev–Trinajstić information content (AvgIpc) is 3.16. The molecule has 1 heterocycles. The van der Waals surface area contributed by atoms with Crippen LogP contribution in [0.5, 0.6) is 5.75 Å². The molecule has 0 atom stereocenters. The van der Waals surface area contributed by atoms with Gasteiger partial charge < -0.3 is 4.74 Å². The van der Waals surface area contributed by atoms with Crippen LogP contribution in [-0.2, 0) is 10.0 Å². The minimum atomic E-state index is -3.57. The molecule has 7 nitrogen and oxygen atoms in total. The normalized spacial score (nSPS) is 11.2. The molecule has 2 N–H and O–H groups in total. The second-order valence-electron chi connectivity index (χ2n) is 5.57. The molecule has 0 spiro atoms. The van der Waals surface area contributed by atoms with E-state index in [2.05, 4.69) is 15.0 Å². The number of benzene rings is 2. The van der Waals surface area contributed by atoms with Crippen LogP contribution in [0, 0.1) is 5.82 Å². The fourth-order valence-electron chi connectivity index (χ4n) is 2.36. The van der Waals surface area contributed by atoms with Crippen molar-refractivity contribution in [3.05, 3.63) is 59.2 Å². The minimum absolute atomic E-state index is 0.0598. The molecule has 0 aliphatic rings. The van der Waals surface area contributed by atoms with Crippen molar-refractivity contribution in [3.63, 3.8) is 0 Å². The van der Waals surface area contributed by atoms with Gasteiger partial charge in [-0.2, -0.15) is 0 Å². The van der Waals surface area contributed by atoms with E-state index in [9.17, 15) is 17.6 Å². The molecule has 0 aliphatic carbocycles. The van der Waals surface area contributed by atoms with E-state index >= 15 is 0 Å². The molecule has 10 heteroatoms. The Morgan fingerprint density at radius 2 is 1.89 bits per heavy atom. The third kappa shape index (κ3) is 4.19. The predicted octanol–water partition coefficient (Wildman–Crippen LogP) is 3.12. The van der Waals surface area contributed by atoms with Crippen molar-refractivity contribution in [1.82, 2.24) is 9.71 Å². The standard InChI is InChI=1S/C18H16FN3O4S2/c1-20-28(24,25)13-6-3-11(4-7-13)17(23)22-18-21-15(10-27-18)12-5-8-16(26-2)14(19)9-12/h3-10,20H,1-2H3,(H,21,22,23). The molecular weight excluding hydrogens is 405 g/mol. The molecular formula is C18H16FN3O4S2. The van der Waals surface area contributed by atoms with Crippen molar-refractivity contribution in [2.75, 3.05) is 19.5 Å². The average molecular weight is 421 g/mol. The molecule has 0 saturated carbocycles. The summed E-state index contributed by atoms with van der Waals surface area (Å²) in [6, 6.07) is 9.98. The number of rotatable bonds is 6. The van der Waals surface area contributed by atoms with Crippen LogP contribution in [0.2, 0.25) is 0 Å². The number of halogens is 1. The zero-order valence-electron chi connectivity index (χ0n) is 14.9. The van der Waals surface area contributed by atoms with E-state index in [0.717, 1.165) is 0 Å². The van der Waals surface area contributed by atoms with Gasteiger partial charge in [-0.25, -0.2) is 22.5 Å². The van der Waals surface area contributed by atoms with Gasteiger partial charge in [0.25, 0.3) is 5.91 Å². The zero-order valence-corrected chi connectivity index (χ0v) is 16.5. The topological polar surface area (TPSA) is 97.4 Å². The summed E-state index contributed by atoms with van der Waals surface area (Å²) in [5.74, 6) is -0.804. The number of thiazole rings is 1. The molecule has 0 bridgehead atoms. The molecule has 2 aromatic carbocycles. The van der Waals surface area contributed by atoms with E-state index in [4.69, 9.17) is 4.74 Å². The quantitative estimate of drug-likeness (QED) is 0.637. The number of carbonyl (C=O) groups excluding carboxylic acids is 1. The lowest BCUT2D eigenvalue weighted by atomic mass is 10.1. The van der Waals surface area contributed by atoms with Crippen molar-refractivity contribution in [2.45, 2.75) is 4.90 Å². The van der Waals surface area contributed by atoms with Crippen LogP contribution >= 0.6 is 11.3 Å². The molecule has 0 fully saturated rings. The number of carbonyl (C=O) groups is 1. The summed E-state index contributed by atoms with van der Waals surface area (Å²) in [5.41, 5.74) is 1.34. The molecule has 1 amide bonds. The van der Waals surface area contributed by atoms with Crippen molar-refractivity contribution in [3.8, 4) is 17.0 Å². The first-order chi connectivity index (χ1) is 13.3. The number of hydrogen-bond donors (Lipinski definition) is 2. The van der Waals surface area contributed by atoms with Gasteiger partial charge in [-0.1, -0.05) is 0 Å². The Kier molecular flexibility index (Phi) is 5.73. The SMILES string of the molecule is CNS(=O)(=O)c1ccc(C(=O)Nc2nc(-c3ccc(OC)c(F)c3)cs2)cc1. The van der Waals surface area contributed by atoms with Crippen LogP contribution < -0.4 is 14.8 Å². The summed E-state index contributed by atoms with van der Waals surface area (Å²) in [6.45, 7) is 0. The first-order valence-electron chi connectivity index (χ1n) is 7.98. The maximum Gasteiger partial charge on any atom is 0.257 e. The number of methoxy groups -OCH3 is 1. The number of nitrogens with one attached hydrogen (secondary N) is 2. The summed E-state index contributed by atoms with van der Waals surface area (Å²) in [7, 11) is -0.873. The van der Waals surface area contributed by atoms with Gasteiger partial charge >= 0.3 is 0 Å². The highest BCUT2D eigenvalue weighted by molar-refractivity contribution is 7.89. The van der Waals surface area contributed by atoms with Gasteiger partial charge in [-0.05, 0) is 49.5 Å². The molecule has 0 saturated heterocycles. The fourth-order valence-corrected chi connectivity index (χ4v) is 3.81. The first kappa shape index (κ1) is 19.9. The van der Waals surface area contributed by atoms with E-state index < -0.39 is 21.7 Å². The number of sulfonamides is 1. The van der Waals surface area contributed by atoms with Gasteiger partial charge in [0.15, 0.2) is 16.7 Å². The van der Waals surface area contributed by atoms with Gasteiger partial charge in [0.2, 0.25) is 10.0 Å². The molecule has 3 rings (SSSR count). The maximum atomic E-state index is 13.9. The lowest BCUT2D eigenvalue weighted by Gasteiger charge is -2.05. The van der Waals surface area contributed by atoms with Crippen molar-refractivity contribution in [2.24, 2.45) is 0 Å². The Morgan fingerprint density at radius 1 is 1.18 bits per heavy atom. The van der Waals surface area contributed by atoms with E-state index in [-0.39, 0.29) is 16.2 Å². The molecule has 28 heavy (non-hydrogen) atoms. The number of hydrogen-bond acceptors (Lipinski definition) is 6. The fraction of sp³-hybridized carbons (Fsp3) is 0.111. The third-order valence-electron chi connectivity index (χ3n) is 3.87. The van der Waals surface area contributed by atoms with Crippen LogP contribution in [-0.4, -0.2) is 33.5 Å². The molecule has 0 unspecified atom stereocenters. The van der Waals surface area contributed by atoms with Gasteiger partial charge in [-0.3, -0.25) is 10.1 Å². The van der Waals surface area contributed by atoms with Crippen LogP contribution in [0.1, 0.15) is 10.4 Å². The van der Waals surface area contributed by atoms with Crippen LogP contribution in [0.3, 0.4) is 0 Å². The van der Waals surface area contributed by atoms with Crippen LogP contribution in [0.25, 0.3) is 11.3 Å². The van der Waals surface area contributed by atoms with E-state index in [0.29, 0.717) is 16.4 Å². The highest BCUT2D eigenvalue weighted by Crippen LogP contribution is 2.28. The molecule has 0 radical (unpaired) electrons. The van der Waals surface area contributed by atoms with E-state index in [1.54, 1.807) is 11.4 Å². The summed E-state index contributed by atoms with van der Waals surface area (Å²) in [4.78, 5) is 16.7. The molecule has 146 valence electrons. The number of nitrogens with zero attached hydrogens (tertiary/aromatic N) is 1. The Morgan fingerprint density at radius 3 is 2.50 bits per heavy atom. The lowest BCUT2D eigenvalue weighted by Crippen LogP contribution is -2.19. The van der Waals surface area contributed by atoms with Crippen molar-refractivity contribution in [1.29, 1.82) is 0 Å². The number of amides is 1. The second-order valence-corrected chi connectivity index (χ2v) is 8.32. The van der Waals surface area contributed by atoms with Gasteiger partial charge in [0.05, 0.1) is 17.7 Å². The smallest absolute Gasteiger partial charge is 0.257 e. The van der Waals surface area contributed by atoms with Gasteiger partial charge in [0.1, 0.15) is 0 Å².